The standard InChI is InChI=1S/C13H15FN2O4/c14-10-1-2-11(12(7-10)16(19)20)13(18)15-5-3-9(8-17)4-6-15/h1-2,7,9,17H,3-6,8H2. The van der Waals surface area contributed by atoms with Crippen molar-refractivity contribution in [2.45, 2.75) is 12.8 Å². The highest BCUT2D eigenvalue weighted by atomic mass is 19.1. The van der Waals surface area contributed by atoms with Gasteiger partial charge < -0.3 is 10.0 Å². The second-order valence-electron chi connectivity index (χ2n) is 4.84. The molecule has 0 bridgehead atoms. The van der Waals surface area contributed by atoms with Crippen molar-refractivity contribution in [3.05, 3.63) is 39.7 Å². The molecule has 1 fully saturated rings. The molecular weight excluding hydrogens is 267 g/mol. The summed E-state index contributed by atoms with van der Waals surface area (Å²) >= 11 is 0. The van der Waals surface area contributed by atoms with Gasteiger partial charge in [0.25, 0.3) is 11.6 Å². The molecule has 6 nitrogen and oxygen atoms in total. The zero-order valence-corrected chi connectivity index (χ0v) is 10.8. The van der Waals surface area contributed by atoms with E-state index in [1.807, 2.05) is 0 Å². The van der Waals surface area contributed by atoms with E-state index in [4.69, 9.17) is 5.11 Å². The molecule has 1 amide bonds. The molecule has 0 aliphatic carbocycles. The normalized spacial score (nSPS) is 16.2. The lowest BCUT2D eigenvalue weighted by atomic mass is 9.97. The van der Waals surface area contributed by atoms with Crippen LogP contribution in [0.4, 0.5) is 10.1 Å². The molecule has 0 radical (unpaired) electrons. The zero-order valence-electron chi connectivity index (χ0n) is 10.8. The summed E-state index contributed by atoms with van der Waals surface area (Å²) < 4.78 is 13.1. The Morgan fingerprint density at radius 2 is 2.10 bits per heavy atom. The van der Waals surface area contributed by atoms with Crippen LogP contribution in [0.15, 0.2) is 18.2 Å². The van der Waals surface area contributed by atoms with Crippen molar-refractivity contribution in [3.8, 4) is 0 Å². The molecule has 0 unspecified atom stereocenters. The quantitative estimate of drug-likeness (QED) is 0.674. The Labute approximate surface area is 115 Å². The van der Waals surface area contributed by atoms with Gasteiger partial charge in [-0.15, -0.1) is 0 Å². The highest BCUT2D eigenvalue weighted by molar-refractivity contribution is 5.98. The predicted molar refractivity (Wildman–Crippen MR) is 68.8 cm³/mol. The van der Waals surface area contributed by atoms with Gasteiger partial charge in [0.2, 0.25) is 0 Å². The van der Waals surface area contributed by atoms with Crippen LogP contribution >= 0.6 is 0 Å². The Hall–Kier alpha value is -2.02. The summed E-state index contributed by atoms with van der Waals surface area (Å²) in [6.07, 6.45) is 1.33. The molecule has 1 saturated heterocycles. The van der Waals surface area contributed by atoms with Crippen molar-refractivity contribution in [1.29, 1.82) is 0 Å². The monoisotopic (exact) mass is 282 g/mol. The van der Waals surface area contributed by atoms with Crippen molar-refractivity contribution < 1.29 is 19.2 Å². The molecule has 1 aromatic carbocycles. The molecule has 0 aromatic heterocycles. The average molecular weight is 282 g/mol. The fourth-order valence-corrected chi connectivity index (χ4v) is 2.33. The van der Waals surface area contributed by atoms with Crippen LogP contribution in [0.1, 0.15) is 23.2 Å². The largest absolute Gasteiger partial charge is 0.396 e. The van der Waals surface area contributed by atoms with E-state index >= 15 is 0 Å². The van der Waals surface area contributed by atoms with Gasteiger partial charge in [-0.1, -0.05) is 0 Å². The van der Waals surface area contributed by atoms with Crippen LogP contribution in [0, 0.1) is 21.8 Å². The molecule has 1 heterocycles. The summed E-state index contributed by atoms with van der Waals surface area (Å²) in [6, 6.07) is 2.95. The number of hydrogen-bond acceptors (Lipinski definition) is 4. The van der Waals surface area contributed by atoms with Crippen molar-refractivity contribution in [2.75, 3.05) is 19.7 Å². The number of piperidine rings is 1. The Kier molecular flexibility index (Phi) is 4.29. The van der Waals surface area contributed by atoms with Crippen LogP contribution in [0.5, 0.6) is 0 Å². The Morgan fingerprint density at radius 1 is 1.45 bits per heavy atom. The number of amides is 1. The number of aliphatic hydroxyl groups is 1. The second kappa shape index (κ2) is 5.96. The van der Waals surface area contributed by atoms with Gasteiger partial charge in [0, 0.05) is 19.7 Å². The van der Waals surface area contributed by atoms with Crippen LogP contribution in [0.2, 0.25) is 0 Å². The maximum absolute atomic E-state index is 13.1. The molecule has 0 atom stereocenters. The number of benzene rings is 1. The van der Waals surface area contributed by atoms with Crippen LogP contribution in [-0.2, 0) is 0 Å². The van der Waals surface area contributed by atoms with E-state index in [-0.39, 0.29) is 18.1 Å². The van der Waals surface area contributed by atoms with E-state index in [9.17, 15) is 19.3 Å². The molecule has 1 N–H and O–H groups in total. The molecule has 1 aliphatic rings. The van der Waals surface area contributed by atoms with Gasteiger partial charge in [0.05, 0.1) is 11.0 Å². The molecule has 108 valence electrons. The van der Waals surface area contributed by atoms with Crippen LogP contribution in [-0.4, -0.2) is 40.5 Å². The van der Waals surface area contributed by atoms with E-state index < -0.39 is 22.3 Å². The lowest BCUT2D eigenvalue weighted by Crippen LogP contribution is -2.39. The molecule has 0 spiro atoms. The van der Waals surface area contributed by atoms with Gasteiger partial charge >= 0.3 is 0 Å². The molecule has 1 aromatic rings. The highest BCUT2D eigenvalue weighted by Gasteiger charge is 2.28. The maximum atomic E-state index is 13.1. The minimum Gasteiger partial charge on any atom is -0.396 e. The Morgan fingerprint density at radius 3 is 2.65 bits per heavy atom. The third-order valence-electron chi connectivity index (χ3n) is 3.55. The predicted octanol–water partition coefficient (Wildman–Crippen LogP) is 1.58. The van der Waals surface area contributed by atoms with E-state index in [0.717, 1.165) is 18.2 Å². The van der Waals surface area contributed by atoms with E-state index in [0.29, 0.717) is 25.9 Å². The number of nitro groups is 1. The summed E-state index contributed by atoms with van der Waals surface area (Å²) in [5, 5.41) is 19.9. The van der Waals surface area contributed by atoms with E-state index in [1.54, 1.807) is 0 Å². The summed E-state index contributed by atoms with van der Waals surface area (Å²) in [7, 11) is 0. The van der Waals surface area contributed by atoms with Gasteiger partial charge in [-0.25, -0.2) is 4.39 Å². The molecule has 7 heteroatoms. The SMILES string of the molecule is O=C(c1ccc(F)cc1[N+](=O)[O-])N1CCC(CO)CC1. The van der Waals surface area contributed by atoms with Gasteiger partial charge in [-0.3, -0.25) is 14.9 Å². The second-order valence-corrected chi connectivity index (χ2v) is 4.84. The fraction of sp³-hybridized carbons (Fsp3) is 0.462. The lowest BCUT2D eigenvalue weighted by Gasteiger charge is -2.31. The molecule has 0 saturated carbocycles. The van der Waals surface area contributed by atoms with E-state index in [2.05, 4.69) is 0 Å². The smallest absolute Gasteiger partial charge is 0.285 e. The third-order valence-corrected chi connectivity index (χ3v) is 3.55. The van der Waals surface area contributed by atoms with Crippen LogP contribution < -0.4 is 0 Å². The van der Waals surface area contributed by atoms with Gasteiger partial charge in [0.1, 0.15) is 11.4 Å². The zero-order chi connectivity index (χ0) is 14.7. The minimum absolute atomic E-state index is 0.0821. The molecule has 2 rings (SSSR count). The topological polar surface area (TPSA) is 83.7 Å². The summed E-state index contributed by atoms with van der Waals surface area (Å²) in [5.41, 5.74) is -0.613. The number of carbonyl (C=O) groups excluding carboxylic acids is 1. The van der Waals surface area contributed by atoms with E-state index in [1.165, 1.54) is 4.90 Å². The number of likely N-dealkylation sites (tertiary alicyclic amines) is 1. The molecule has 1 aliphatic heterocycles. The van der Waals surface area contributed by atoms with Crippen LogP contribution in [0.3, 0.4) is 0 Å². The average Bonchev–Trinajstić information content (AvgIpc) is 2.46. The van der Waals surface area contributed by atoms with Gasteiger partial charge in [-0.2, -0.15) is 0 Å². The minimum atomic E-state index is -0.753. The van der Waals surface area contributed by atoms with Crippen molar-refractivity contribution in [3.63, 3.8) is 0 Å². The molecular formula is C13H15FN2O4. The summed E-state index contributed by atoms with van der Waals surface area (Å²) in [4.78, 5) is 23.9. The number of halogens is 1. The lowest BCUT2D eigenvalue weighted by molar-refractivity contribution is -0.385. The third kappa shape index (κ3) is 2.93. The number of aliphatic hydroxyl groups excluding tert-OH is 1. The first-order valence-electron chi connectivity index (χ1n) is 6.37. The first-order chi connectivity index (χ1) is 9.52. The Bertz CT molecular complexity index is 527. The van der Waals surface area contributed by atoms with Gasteiger partial charge in [0.15, 0.2) is 0 Å². The number of rotatable bonds is 3. The Balaban J connectivity index is 2.19. The van der Waals surface area contributed by atoms with Gasteiger partial charge in [-0.05, 0) is 30.9 Å². The summed E-state index contributed by atoms with van der Waals surface area (Å²) in [6.45, 7) is 0.968. The van der Waals surface area contributed by atoms with Crippen molar-refractivity contribution in [1.82, 2.24) is 4.90 Å². The van der Waals surface area contributed by atoms with Crippen LogP contribution in [0.25, 0.3) is 0 Å². The van der Waals surface area contributed by atoms with Crippen molar-refractivity contribution in [2.24, 2.45) is 5.92 Å². The number of nitro benzene ring substituents is 1. The highest BCUT2D eigenvalue weighted by Crippen LogP contribution is 2.24. The van der Waals surface area contributed by atoms with Crippen molar-refractivity contribution >= 4 is 11.6 Å². The number of carbonyl (C=O) groups is 1. The molecule has 20 heavy (non-hydrogen) atoms. The number of hydrogen-bond donors (Lipinski definition) is 1. The fourth-order valence-electron chi connectivity index (χ4n) is 2.33. The summed E-state index contributed by atoms with van der Waals surface area (Å²) in [5.74, 6) is -1.04. The first kappa shape index (κ1) is 14.4. The maximum Gasteiger partial charge on any atom is 0.285 e. The first-order valence-corrected chi connectivity index (χ1v) is 6.37. The number of nitrogens with zero attached hydrogens (tertiary/aromatic N) is 2.